The van der Waals surface area contributed by atoms with E-state index in [9.17, 15) is 18.0 Å². The fourth-order valence-corrected chi connectivity index (χ4v) is 3.64. The summed E-state index contributed by atoms with van der Waals surface area (Å²) in [5.41, 5.74) is 5.78. The maximum atomic E-state index is 12.3. The van der Waals surface area contributed by atoms with E-state index in [4.69, 9.17) is 5.73 Å². The second-order valence-corrected chi connectivity index (χ2v) is 7.60. The first kappa shape index (κ1) is 16.5. The Labute approximate surface area is 130 Å². The molecule has 1 aromatic rings. The van der Waals surface area contributed by atoms with E-state index in [-0.39, 0.29) is 29.0 Å². The lowest BCUT2D eigenvalue weighted by atomic mass is 9.96. The fraction of sp³-hybridized carbons (Fsp3) is 0.467. The van der Waals surface area contributed by atoms with Gasteiger partial charge in [0.05, 0.1) is 11.3 Å². The molecule has 1 saturated heterocycles. The zero-order valence-corrected chi connectivity index (χ0v) is 13.3. The van der Waals surface area contributed by atoms with Crippen LogP contribution in [0.3, 0.4) is 0 Å². The number of nitrogens with two attached hydrogens (primary N) is 1. The zero-order valence-electron chi connectivity index (χ0n) is 12.5. The number of hydrogen-bond acceptors (Lipinski definition) is 4. The highest BCUT2D eigenvalue weighted by Crippen LogP contribution is 2.20. The molecule has 0 aliphatic carbocycles. The first-order valence-corrected chi connectivity index (χ1v) is 9.03. The molecule has 2 amide bonds. The van der Waals surface area contributed by atoms with Gasteiger partial charge in [-0.3, -0.25) is 9.59 Å². The third kappa shape index (κ3) is 3.85. The Morgan fingerprint density at radius 2 is 1.82 bits per heavy atom. The number of likely N-dealkylation sites (tertiary alicyclic amines) is 1. The van der Waals surface area contributed by atoms with Crippen molar-refractivity contribution >= 4 is 21.7 Å². The van der Waals surface area contributed by atoms with Crippen molar-refractivity contribution in [3.8, 4) is 0 Å². The number of sulfone groups is 1. The minimum atomic E-state index is -3.36. The van der Waals surface area contributed by atoms with Crippen molar-refractivity contribution in [2.75, 3.05) is 19.3 Å². The number of amides is 2. The van der Waals surface area contributed by atoms with Crippen molar-refractivity contribution in [3.05, 3.63) is 29.8 Å². The molecule has 0 bridgehead atoms. The lowest BCUT2D eigenvalue weighted by Gasteiger charge is -2.30. The summed E-state index contributed by atoms with van der Waals surface area (Å²) in [6.45, 7) is 0.959. The molecule has 2 rings (SSSR count). The third-order valence-corrected chi connectivity index (χ3v) is 5.16. The molecule has 2 N–H and O–H groups in total. The number of hydrogen-bond donors (Lipinski definition) is 1. The van der Waals surface area contributed by atoms with Crippen molar-refractivity contribution in [3.63, 3.8) is 0 Å². The van der Waals surface area contributed by atoms with Crippen LogP contribution in [0.2, 0.25) is 0 Å². The molecule has 0 atom stereocenters. The number of carbonyl (C=O) groups is 2. The quantitative estimate of drug-likeness (QED) is 0.864. The Bertz CT molecular complexity index is 677. The van der Waals surface area contributed by atoms with Crippen LogP contribution in [0.15, 0.2) is 29.2 Å². The van der Waals surface area contributed by atoms with E-state index in [2.05, 4.69) is 0 Å². The second-order valence-electron chi connectivity index (χ2n) is 5.61. The third-order valence-electron chi connectivity index (χ3n) is 3.96. The first-order chi connectivity index (χ1) is 10.3. The van der Waals surface area contributed by atoms with Crippen LogP contribution in [0.25, 0.3) is 0 Å². The molecule has 0 aromatic heterocycles. The molecule has 1 heterocycles. The fourth-order valence-electron chi connectivity index (χ4n) is 2.70. The van der Waals surface area contributed by atoms with Crippen molar-refractivity contribution in [2.24, 2.45) is 11.7 Å². The van der Waals surface area contributed by atoms with Gasteiger partial charge in [0, 0.05) is 25.3 Å². The molecule has 0 unspecified atom stereocenters. The normalized spacial score (nSPS) is 16.5. The van der Waals surface area contributed by atoms with Crippen LogP contribution >= 0.6 is 0 Å². The molecule has 0 saturated carbocycles. The second kappa shape index (κ2) is 6.48. The molecular formula is C15H20N2O4S. The highest BCUT2D eigenvalue weighted by molar-refractivity contribution is 7.90. The summed E-state index contributed by atoms with van der Waals surface area (Å²) in [6.07, 6.45) is 2.31. The number of carbonyl (C=O) groups excluding carboxylic acids is 2. The van der Waals surface area contributed by atoms with Crippen molar-refractivity contribution < 1.29 is 18.0 Å². The molecule has 1 fully saturated rings. The van der Waals surface area contributed by atoms with Gasteiger partial charge in [0.15, 0.2) is 9.84 Å². The Balaban J connectivity index is 2.07. The van der Waals surface area contributed by atoms with Crippen molar-refractivity contribution in [2.45, 2.75) is 24.2 Å². The summed E-state index contributed by atoms with van der Waals surface area (Å²) in [6, 6.07) is 6.53. The van der Waals surface area contributed by atoms with Gasteiger partial charge >= 0.3 is 0 Å². The SMILES string of the molecule is CS(=O)(=O)c1ccccc1CC(=O)N1CCC(C(N)=O)CC1. The maximum absolute atomic E-state index is 12.3. The maximum Gasteiger partial charge on any atom is 0.227 e. The predicted molar refractivity (Wildman–Crippen MR) is 81.8 cm³/mol. The van der Waals surface area contributed by atoms with E-state index in [1.165, 1.54) is 6.07 Å². The molecule has 22 heavy (non-hydrogen) atoms. The van der Waals surface area contributed by atoms with Gasteiger partial charge in [0.2, 0.25) is 11.8 Å². The number of piperidine rings is 1. The number of benzene rings is 1. The van der Waals surface area contributed by atoms with E-state index in [1.54, 1.807) is 23.1 Å². The Kier molecular flexibility index (Phi) is 4.85. The Hall–Kier alpha value is -1.89. The lowest BCUT2D eigenvalue weighted by Crippen LogP contribution is -2.42. The molecule has 0 spiro atoms. The van der Waals surface area contributed by atoms with Gasteiger partial charge in [-0.15, -0.1) is 0 Å². The summed E-state index contributed by atoms with van der Waals surface area (Å²) >= 11 is 0. The van der Waals surface area contributed by atoms with Gasteiger partial charge in [-0.05, 0) is 24.5 Å². The van der Waals surface area contributed by atoms with Gasteiger partial charge in [0.25, 0.3) is 0 Å². The average Bonchev–Trinajstić information content (AvgIpc) is 2.46. The van der Waals surface area contributed by atoms with Crippen LogP contribution in [0, 0.1) is 5.92 Å². The van der Waals surface area contributed by atoms with E-state index < -0.39 is 9.84 Å². The van der Waals surface area contributed by atoms with E-state index >= 15 is 0 Å². The molecule has 120 valence electrons. The molecule has 1 aliphatic heterocycles. The standard InChI is InChI=1S/C15H20N2O4S/c1-22(20,21)13-5-3-2-4-12(13)10-14(18)17-8-6-11(7-9-17)15(16)19/h2-5,11H,6-10H2,1H3,(H2,16,19). The van der Waals surface area contributed by atoms with Crippen LogP contribution < -0.4 is 5.73 Å². The summed E-state index contributed by atoms with van der Waals surface area (Å²) in [7, 11) is -3.36. The molecule has 7 heteroatoms. The lowest BCUT2D eigenvalue weighted by molar-refractivity contribution is -0.134. The van der Waals surface area contributed by atoms with Crippen LogP contribution in [-0.4, -0.2) is 44.5 Å². The number of rotatable bonds is 4. The Morgan fingerprint density at radius 1 is 1.23 bits per heavy atom. The highest BCUT2D eigenvalue weighted by Gasteiger charge is 2.26. The van der Waals surface area contributed by atoms with Crippen LogP contribution in [0.5, 0.6) is 0 Å². The highest BCUT2D eigenvalue weighted by atomic mass is 32.2. The van der Waals surface area contributed by atoms with Gasteiger partial charge in [-0.25, -0.2) is 8.42 Å². The summed E-state index contributed by atoms with van der Waals surface area (Å²) in [5.74, 6) is -0.624. The molecule has 6 nitrogen and oxygen atoms in total. The van der Waals surface area contributed by atoms with Gasteiger partial charge < -0.3 is 10.6 Å². The van der Waals surface area contributed by atoms with Gasteiger partial charge in [-0.2, -0.15) is 0 Å². The van der Waals surface area contributed by atoms with Crippen LogP contribution in [0.4, 0.5) is 0 Å². The minimum Gasteiger partial charge on any atom is -0.369 e. The topological polar surface area (TPSA) is 97.5 Å². The summed E-state index contributed by atoms with van der Waals surface area (Å²) in [4.78, 5) is 25.3. The van der Waals surface area contributed by atoms with Crippen LogP contribution in [0.1, 0.15) is 18.4 Å². The van der Waals surface area contributed by atoms with E-state index in [0.29, 0.717) is 31.5 Å². The number of nitrogens with zero attached hydrogens (tertiary/aromatic N) is 1. The predicted octanol–water partition coefficient (Wildman–Crippen LogP) is 0.356. The molecule has 1 aromatic carbocycles. The van der Waals surface area contributed by atoms with Crippen molar-refractivity contribution in [1.82, 2.24) is 4.90 Å². The molecule has 0 radical (unpaired) electrons. The van der Waals surface area contributed by atoms with Gasteiger partial charge in [0.1, 0.15) is 0 Å². The van der Waals surface area contributed by atoms with Crippen LogP contribution in [-0.2, 0) is 25.8 Å². The Morgan fingerprint density at radius 3 is 2.36 bits per heavy atom. The smallest absolute Gasteiger partial charge is 0.227 e. The van der Waals surface area contributed by atoms with Crippen molar-refractivity contribution in [1.29, 1.82) is 0 Å². The average molecular weight is 324 g/mol. The first-order valence-electron chi connectivity index (χ1n) is 7.14. The van der Waals surface area contributed by atoms with E-state index in [0.717, 1.165) is 6.26 Å². The summed E-state index contributed by atoms with van der Waals surface area (Å²) in [5, 5.41) is 0. The molecule has 1 aliphatic rings. The minimum absolute atomic E-state index is 0.0461. The number of primary amides is 1. The largest absolute Gasteiger partial charge is 0.369 e. The monoisotopic (exact) mass is 324 g/mol. The van der Waals surface area contributed by atoms with E-state index in [1.807, 2.05) is 0 Å². The van der Waals surface area contributed by atoms with Gasteiger partial charge in [-0.1, -0.05) is 18.2 Å². The molecular weight excluding hydrogens is 304 g/mol. The zero-order chi connectivity index (χ0) is 16.3. The summed E-state index contributed by atoms with van der Waals surface area (Å²) < 4.78 is 23.5.